The molecule has 1 heterocycles. The number of carbonyl (C=O) groups is 2. The van der Waals surface area contributed by atoms with E-state index in [1.807, 2.05) is 6.07 Å². The van der Waals surface area contributed by atoms with Gasteiger partial charge in [0.05, 0.1) is 17.3 Å². The van der Waals surface area contributed by atoms with Crippen LogP contribution in [-0.2, 0) is 9.53 Å². The minimum atomic E-state index is -0.719. The fourth-order valence-corrected chi connectivity index (χ4v) is 2.58. The maximum Gasteiger partial charge on any atom is 0.319 e. The van der Waals surface area contributed by atoms with Crippen molar-refractivity contribution < 1.29 is 14.3 Å². The molecule has 0 saturated heterocycles. The molecule has 0 aliphatic heterocycles. The van der Waals surface area contributed by atoms with E-state index in [0.29, 0.717) is 16.6 Å². The van der Waals surface area contributed by atoms with Gasteiger partial charge in [0.15, 0.2) is 11.9 Å². The number of para-hydroxylation sites is 2. The Morgan fingerprint density at radius 2 is 1.82 bits per heavy atom. The first-order chi connectivity index (χ1) is 13.5. The predicted molar refractivity (Wildman–Crippen MR) is 105 cm³/mol. The molecule has 2 aromatic carbocycles. The molecule has 1 aromatic heterocycles. The van der Waals surface area contributed by atoms with Crippen molar-refractivity contribution in [1.82, 2.24) is 15.3 Å². The monoisotopic (exact) mass is 380 g/mol. The van der Waals surface area contributed by atoms with Crippen LogP contribution in [0.5, 0.6) is 0 Å². The van der Waals surface area contributed by atoms with Crippen LogP contribution in [0.25, 0.3) is 10.9 Å². The van der Waals surface area contributed by atoms with Crippen LogP contribution in [0, 0.1) is 0 Å². The molecule has 0 aliphatic rings. The molecule has 0 bridgehead atoms. The van der Waals surface area contributed by atoms with Crippen molar-refractivity contribution in [2.45, 2.75) is 19.4 Å². The highest BCUT2D eigenvalue weighted by Crippen LogP contribution is 2.14. The highest BCUT2D eigenvalue weighted by atomic mass is 16.5. The lowest BCUT2D eigenvalue weighted by Crippen LogP contribution is -2.31. The molecule has 0 aliphatic carbocycles. The second-order valence-corrected chi connectivity index (χ2v) is 6.10. The summed E-state index contributed by atoms with van der Waals surface area (Å²) in [4.78, 5) is 42.8. The molecule has 144 valence electrons. The number of hydrogen-bond donors (Lipinski definition) is 3. The Balaban J connectivity index is 1.49. The molecule has 2 amide bonds. The molecular weight excluding hydrogens is 360 g/mol. The second-order valence-electron chi connectivity index (χ2n) is 6.10. The lowest BCUT2D eigenvalue weighted by atomic mass is 10.2. The van der Waals surface area contributed by atoms with Gasteiger partial charge in [-0.2, -0.15) is 0 Å². The Bertz CT molecular complexity index is 1030. The molecule has 3 N–H and O–H groups in total. The van der Waals surface area contributed by atoms with E-state index in [-0.39, 0.29) is 24.3 Å². The number of aromatic amines is 1. The molecule has 3 rings (SSSR count). The molecular formula is C20H20N4O4. The molecule has 0 radical (unpaired) electrons. The number of nitrogens with one attached hydrogen (secondary N) is 3. The zero-order valence-electron chi connectivity index (χ0n) is 15.3. The molecule has 1 unspecified atom stereocenters. The van der Waals surface area contributed by atoms with Crippen LogP contribution >= 0.6 is 0 Å². The smallest absolute Gasteiger partial charge is 0.319 e. The van der Waals surface area contributed by atoms with Gasteiger partial charge < -0.3 is 20.4 Å². The van der Waals surface area contributed by atoms with Crippen molar-refractivity contribution in [3.05, 3.63) is 70.8 Å². The van der Waals surface area contributed by atoms with Gasteiger partial charge in [-0.05, 0) is 31.2 Å². The number of esters is 1. The van der Waals surface area contributed by atoms with Crippen molar-refractivity contribution in [2.24, 2.45) is 0 Å². The predicted octanol–water partition coefficient (Wildman–Crippen LogP) is 2.74. The van der Waals surface area contributed by atoms with Crippen molar-refractivity contribution in [3.63, 3.8) is 0 Å². The molecule has 8 nitrogen and oxygen atoms in total. The summed E-state index contributed by atoms with van der Waals surface area (Å²) in [6.07, 6.45) is -0.729. The van der Waals surface area contributed by atoms with Crippen molar-refractivity contribution >= 4 is 28.6 Å². The first-order valence-corrected chi connectivity index (χ1v) is 8.81. The number of hydrogen-bond acceptors (Lipinski definition) is 5. The topological polar surface area (TPSA) is 113 Å². The van der Waals surface area contributed by atoms with E-state index in [1.54, 1.807) is 55.5 Å². The maximum absolute atomic E-state index is 12.1. The molecule has 1 atom stereocenters. The van der Waals surface area contributed by atoms with Crippen molar-refractivity contribution in [2.75, 3.05) is 11.9 Å². The Morgan fingerprint density at radius 3 is 2.61 bits per heavy atom. The zero-order chi connectivity index (χ0) is 19.9. The normalized spacial score (nSPS) is 11.6. The number of aromatic nitrogens is 2. The number of H-pyrrole nitrogens is 1. The van der Waals surface area contributed by atoms with Crippen LogP contribution in [0.15, 0.2) is 59.4 Å². The maximum atomic E-state index is 12.1. The van der Waals surface area contributed by atoms with Crippen LogP contribution in [-0.4, -0.2) is 28.5 Å². The van der Waals surface area contributed by atoms with Crippen molar-refractivity contribution in [1.29, 1.82) is 0 Å². The first kappa shape index (κ1) is 19.1. The van der Waals surface area contributed by atoms with E-state index in [1.165, 1.54) is 0 Å². The fourth-order valence-electron chi connectivity index (χ4n) is 2.58. The number of anilines is 1. The Hall–Kier alpha value is -3.68. The lowest BCUT2D eigenvalue weighted by Gasteiger charge is -2.13. The number of carbonyl (C=O) groups excluding carboxylic acids is 2. The number of ether oxygens (including phenoxy) is 1. The molecule has 0 fully saturated rings. The first-order valence-electron chi connectivity index (χ1n) is 8.81. The number of urea groups is 1. The van der Waals surface area contributed by atoms with Crippen LogP contribution in [0.4, 0.5) is 10.5 Å². The van der Waals surface area contributed by atoms with Gasteiger partial charge in [-0.15, -0.1) is 0 Å². The molecule has 0 spiro atoms. The summed E-state index contributed by atoms with van der Waals surface area (Å²) in [7, 11) is 0. The molecule has 28 heavy (non-hydrogen) atoms. The van der Waals surface area contributed by atoms with Crippen LogP contribution in [0.2, 0.25) is 0 Å². The third-order valence-electron chi connectivity index (χ3n) is 3.97. The van der Waals surface area contributed by atoms with Crippen molar-refractivity contribution in [3.8, 4) is 0 Å². The largest absolute Gasteiger partial charge is 0.454 e. The minimum Gasteiger partial charge on any atom is -0.454 e. The van der Waals surface area contributed by atoms with Crippen LogP contribution in [0.3, 0.4) is 0 Å². The number of amides is 2. The van der Waals surface area contributed by atoms with Gasteiger partial charge in [-0.25, -0.2) is 9.78 Å². The number of nitrogens with zero attached hydrogens (tertiary/aromatic N) is 1. The summed E-state index contributed by atoms with van der Waals surface area (Å²) >= 11 is 0. The average Bonchev–Trinajstić information content (AvgIpc) is 2.68. The zero-order valence-corrected chi connectivity index (χ0v) is 15.3. The standard InChI is InChI=1S/C20H20N4O4/c1-13(18-23-16-10-6-5-9-15(16)19(26)24-18)28-17(25)11-12-21-20(27)22-14-7-3-2-4-8-14/h2-10,13H,11-12H2,1H3,(H2,21,22,27)(H,23,24,26). The Kier molecular flexibility index (Phi) is 6.01. The van der Waals surface area contributed by atoms with E-state index in [0.717, 1.165) is 0 Å². The number of benzene rings is 2. The summed E-state index contributed by atoms with van der Waals surface area (Å²) in [6, 6.07) is 15.5. The van der Waals surface area contributed by atoms with E-state index >= 15 is 0 Å². The summed E-state index contributed by atoms with van der Waals surface area (Å²) in [5.41, 5.74) is 0.897. The van der Waals surface area contributed by atoms with Gasteiger partial charge in [0, 0.05) is 12.2 Å². The van der Waals surface area contributed by atoms with Crippen LogP contribution in [0.1, 0.15) is 25.3 Å². The summed E-state index contributed by atoms with van der Waals surface area (Å²) in [5.74, 6) is -0.241. The van der Waals surface area contributed by atoms with E-state index in [4.69, 9.17) is 4.74 Å². The third-order valence-corrected chi connectivity index (χ3v) is 3.97. The van der Waals surface area contributed by atoms with E-state index < -0.39 is 18.1 Å². The highest BCUT2D eigenvalue weighted by Gasteiger charge is 2.15. The Labute approximate surface area is 160 Å². The molecule has 3 aromatic rings. The van der Waals surface area contributed by atoms with E-state index in [2.05, 4.69) is 20.6 Å². The third kappa shape index (κ3) is 4.94. The summed E-state index contributed by atoms with van der Waals surface area (Å²) in [5, 5.41) is 5.71. The quantitative estimate of drug-likeness (QED) is 0.569. The SMILES string of the molecule is CC(OC(=O)CCNC(=O)Nc1ccccc1)c1nc2ccccc2c(=O)[nH]1. The number of rotatable bonds is 6. The summed E-state index contributed by atoms with van der Waals surface area (Å²) < 4.78 is 5.30. The summed E-state index contributed by atoms with van der Waals surface area (Å²) in [6.45, 7) is 1.74. The lowest BCUT2D eigenvalue weighted by molar-refractivity contribution is -0.148. The van der Waals surface area contributed by atoms with Gasteiger partial charge in [-0.1, -0.05) is 30.3 Å². The molecule has 8 heteroatoms. The van der Waals surface area contributed by atoms with Gasteiger partial charge in [0.25, 0.3) is 5.56 Å². The van der Waals surface area contributed by atoms with Gasteiger partial charge in [0.1, 0.15) is 0 Å². The number of fused-ring (bicyclic) bond motifs is 1. The van der Waals surface area contributed by atoms with Gasteiger partial charge in [0.2, 0.25) is 0 Å². The van der Waals surface area contributed by atoms with Gasteiger partial charge in [-0.3, -0.25) is 9.59 Å². The Morgan fingerprint density at radius 1 is 1.11 bits per heavy atom. The molecule has 0 saturated carbocycles. The fraction of sp³-hybridized carbons (Fsp3) is 0.200. The van der Waals surface area contributed by atoms with Crippen LogP contribution < -0.4 is 16.2 Å². The van der Waals surface area contributed by atoms with E-state index in [9.17, 15) is 14.4 Å². The second kappa shape index (κ2) is 8.81. The average molecular weight is 380 g/mol. The van der Waals surface area contributed by atoms with Gasteiger partial charge >= 0.3 is 12.0 Å². The minimum absolute atomic E-state index is 0.00956. The highest BCUT2D eigenvalue weighted by molar-refractivity contribution is 5.89.